The monoisotopic (exact) mass is 280 g/mol. The molecule has 1 unspecified atom stereocenters. The van der Waals surface area contributed by atoms with Gasteiger partial charge < -0.3 is 14.9 Å². The normalized spacial score (nSPS) is 19.1. The molecule has 0 amide bonds. The Hall–Kier alpha value is -1.13. The minimum absolute atomic E-state index is 0.251. The molecule has 0 radical (unpaired) electrons. The smallest absolute Gasteiger partial charge is 0.146 e. The lowest BCUT2D eigenvalue weighted by atomic mass is 9.96. The summed E-state index contributed by atoms with van der Waals surface area (Å²) in [6.07, 6.45) is 1.65. The van der Waals surface area contributed by atoms with E-state index >= 15 is 0 Å². The van der Waals surface area contributed by atoms with Crippen LogP contribution in [0.1, 0.15) is 31.4 Å². The van der Waals surface area contributed by atoms with Gasteiger partial charge in [0.05, 0.1) is 11.8 Å². The van der Waals surface area contributed by atoms with Crippen molar-refractivity contribution in [3.05, 3.63) is 29.6 Å². The molecule has 0 bridgehead atoms. The zero-order valence-electron chi connectivity index (χ0n) is 12.6. The molecule has 0 aromatic heterocycles. The van der Waals surface area contributed by atoms with Gasteiger partial charge in [0, 0.05) is 19.2 Å². The molecule has 1 aliphatic rings. The molecule has 1 aliphatic heterocycles. The highest BCUT2D eigenvalue weighted by Crippen LogP contribution is 2.30. The Morgan fingerprint density at radius 3 is 2.65 bits per heavy atom. The highest BCUT2D eigenvalue weighted by Gasteiger charge is 2.21. The summed E-state index contributed by atoms with van der Waals surface area (Å²) in [5, 5.41) is 9.82. The fraction of sp³-hybridized carbons (Fsp3) is 0.625. The van der Waals surface area contributed by atoms with Gasteiger partial charge in [-0.1, -0.05) is 12.1 Å². The molecule has 1 atom stereocenters. The van der Waals surface area contributed by atoms with Gasteiger partial charge in [-0.15, -0.1) is 0 Å². The lowest BCUT2D eigenvalue weighted by Gasteiger charge is -2.33. The third-order valence-corrected chi connectivity index (χ3v) is 4.22. The van der Waals surface area contributed by atoms with Crippen LogP contribution in [0.25, 0.3) is 0 Å². The second kappa shape index (κ2) is 6.55. The van der Waals surface area contributed by atoms with E-state index in [1.807, 2.05) is 11.9 Å². The predicted octanol–water partition coefficient (Wildman–Crippen LogP) is 2.66. The minimum Gasteiger partial charge on any atom is -0.389 e. The maximum atomic E-state index is 14.1. The summed E-state index contributed by atoms with van der Waals surface area (Å²) in [6, 6.07) is 4.92. The van der Waals surface area contributed by atoms with Crippen molar-refractivity contribution in [2.45, 2.75) is 25.9 Å². The molecular formula is C16H25FN2O. The summed E-state index contributed by atoms with van der Waals surface area (Å²) in [6.45, 7) is 4.74. The second-order valence-electron chi connectivity index (χ2n) is 5.98. The van der Waals surface area contributed by atoms with Crippen LogP contribution in [0.2, 0.25) is 0 Å². The van der Waals surface area contributed by atoms with E-state index in [0.29, 0.717) is 17.2 Å². The molecule has 1 N–H and O–H groups in total. The number of nitrogens with zero attached hydrogens (tertiary/aromatic N) is 2. The van der Waals surface area contributed by atoms with Crippen molar-refractivity contribution in [2.75, 3.05) is 38.6 Å². The fourth-order valence-corrected chi connectivity index (χ4v) is 3.00. The molecule has 20 heavy (non-hydrogen) atoms. The minimum atomic E-state index is -0.652. The van der Waals surface area contributed by atoms with Gasteiger partial charge in [-0.25, -0.2) is 4.39 Å². The van der Waals surface area contributed by atoms with E-state index in [1.54, 1.807) is 19.1 Å². The van der Waals surface area contributed by atoms with Crippen LogP contribution in [0.4, 0.5) is 10.1 Å². The van der Waals surface area contributed by atoms with Gasteiger partial charge >= 0.3 is 0 Å². The zero-order valence-corrected chi connectivity index (χ0v) is 12.6. The molecule has 1 saturated heterocycles. The van der Waals surface area contributed by atoms with Gasteiger partial charge in [-0.3, -0.25) is 0 Å². The lowest BCUT2D eigenvalue weighted by molar-refractivity contribution is 0.198. The number of likely N-dealkylation sites (tertiary alicyclic amines) is 1. The van der Waals surface area contributed by atoms with Crippen LogP contribution in [0.15, 0.2) is 18.2 Å². The summed E-state index contributed by atoms with van der Waals surface area (Å²) in [4.78, 5) is 4.30. The predicted molar refractivity (Wildman–Crippen MR) is 80.5 cm³/mol. The van der Waals surface area contributed by atoms with Crippen LogP contribution in [0.5, 0.6) is 0 Å². The van der Waals surface area contributed by atoms with E-state index in [0.717, 1.165) is 32.5 Å². The van der Waals surface area contributed by atoms with E-state index in [9.17, 15) is 9.50 Å². The topological polar surface area (TPSA) is 26.7 Å². The average molecular weight is 280 g/mol. The van der Waals surface area contributed by atoms with Gasteiger partial charge in [0.1, 0.15) is 5.82 Å². The van der Waals surface area contributed by atoms with Crippen molar-refractivity contribution < 1.29 is 9.50 Å². The second-order valence-corrected chi connectivity index (χ2v) is 5.98. The zero-order chi connectivity index (χ0) is 14.7. The lowest BCUT2D eigenvalue weighted by Crippen LogP contribution is -2.36. The van der Waals surface area contributed by atoms with Crippen LogP contribution in [0.3, 0.4) is 0 Å². The van der Waals surface area contributed by atoms with E-state index in [4.69, 9.17) is 0 Å². The number of rotatable bonds is 4. The van der Waals surface area contributed by atoms with Crippen molar-refractivity contribution >= 4 is 5.69 Å². The SMILES string of the molecule is CC(O)c1cccc(F)c1N(C)CC1CCN(C)CC1. The van der Waals surface area contributed by atoms with Crippen molar-refractivity contribution in [2.24, 2.45) is 5.92 Å². The third-order valence-electron chi connectivity index (χ3n) is 4.22. The maximum absolute atomic E-state index is 14.1. The van der Waals surface area contributed by atoms with Crippen LogP contribution >= 0.6 is 0 Å². The maximum Gasteiger partial charge on any atom is 0.146 e. The number of hydrogen-bond donors (Lipinski definition) is 1. The Bertz CT molecular complexity index is 442. The first-order chi connectivity index (χ1) is 9.49. The van der Waals surface area contributed by atoms with Crippen LogP contribution in [-0.2, 0) is 0 Å². The Balaban J connectivity index is 2.11. The third kappa shape index (κ3) is 3.49. The molecule has 0 aliphatic carbocycles. The van der Waals surface area contributed by atoms with Crippen molar-refractivity contribution in [1.82, 2.24) is 4.90 Å². The van der Waals surface area contributed by atoms with E-state index in [-0.39, 0.29) is 5.82 Å². The van der Waals surface area contributed by atoms with Gasteiger partial charge in [-0.05, 0) is 51.9 Å². The van der Waals surface area contributed by atoms with Crippen molar-refractivity contribution in [3.8, 4) is 0 Å². The fourth-order valence-electron chi connectivity index (χ4n) is 3.00. The highest BCUT2D eigenvalue weighted by atomic mass is 19.1. The summed E-state index contributed by atoms with van der Waals surface area (Å²) in [7, 11) is 4.06. The van der Waals surface area contributed by atoms with Crippen LogP contribution in [0, 0.1) is 11.7 Å². The Morgan fingerprint density at radius 2 is 2.05 bits per heavy atom. The van der Waals surface area contributed by atoms with E-state index in [2.05, 4.69) is 11.9 Å². The molecule has 3 nitrogen and oxygen atoms in total. The number of anilines is 1. The Labute approximate surface area is 121 Å². The first kappa shape index (κ1) is 15.3. The number of aliphatic hydroxyl groups is 1. The number of aliphatic hydroxyl groups excluding tert-OH is 1. The van der Waals surface area contributed by atoms with Crippen LogP contribution < -0.4 is 4.90 Å². The molecule has 1 aromatic carbocycles. The summed E-state index contributed by atoms with van der Waals surface area (Å²) in [5.74, 6) is 0.344. The van der Waals surface area contributed by atoms with Gasteiger partial charge in [-0.2, -0.15) is 0 Å². The van der Waals surface area contributed by atoms with Crippen LogP contribution in [-0.4, -0.2) is 43.7 Å². The molecule has 0 saturated carbocycles. The highest BCUT2D eigenvalue weighted by molar-refractivity contribution is 5.55. The number of para-hydroxylation sites is 1. The van der Waals surface area contributed by atoms with Gasteiger partial charge in [0.2, 0.25) is 0 Å². The number of halogens is 1. The Morgan fingerprint density at radius 1 is 1.40 bits per heavy atom. The summed E-state index contributed by atoms with van der Waals surface area (Å²) in [5.41, 5.74) is 1.21. The standard InChI is InChI=1S/C16H25FN2O/c1-12(20)14-5-4-6-15(17)16(14)19(3)11-13-7-9-18(2)10-8-13/h4-6,12-13,20H,7-11H2,1-3H3. The first-order valence-electron chi connectivity index (χ1n) is 7.35. The average Bonchev–Trinajstić information content (AvgIpc) is 2.40. The molecule has 2 rings (SSSR count). The molecule has 1 fully saturated rings. The molecule has 1 heterocycles. The van der Waals surface area contributed by atoms with Crippen molar-refractivity contribution in [1.29, 1.82) is 0 Å². The molecule has 112 valence electrons. The quantitative estimate of drug-likeness (QED) is 0.918. The molecule has 4 heteroatoms. The number of piperidine rings is 1. The summed E-state index contributed by atoms with van der Waals surface area (Å²) < 4.78 is 14.1. The summed E-state index contributed by atoms with van der Waals surface area (Å²) >= 11 is 0. The number of benzene rings is 1. The van der Waals surface area contributed by atoms with E-state index in [1.165, 1.54) is 6.07 Å². The largest absolute Gasteiger partial charge is 0.389 e. The first-order valence-corrected chi connectivity index (χ1v) is 7.35. The Kier molecular flexibility index (Phi) is 5.00. The van der Waals surface area contributed by atoms with Crippen molar-refractivity contribution in [3.63, 3.8) is 0 Å². The van der Waals surface area contributed by atoms with Gasteiger partial charge in [0.25, 0.3) is 0 Å². The van der Waals surface area contributed by atoms with E-state index < -0.39 is 6.10 Å². The number of hydrogen-bond acceptors (Lipinski definition) is 3. The molecule has 1 aromatic rings. The molecule has 0 spiro atoms. The molecular weight excluding hydrogens is 255 g/mol. The van der Waals surface area contributed by atoms with Gasteiger partial charge in [0.15, 0.2) is 0 Å².